The van der Waals surface area contributed by atoms with Crippen LogP contribution in [0, 0.1) is 0 Å². The van der Waals surface area contributed by atoms with E-state index < -0.39 is 6.04 Å². The molecule has 0 unspecified atom stereocenters. The van der Waals surface area contributed by atoms with Crippen LogP contribution in [-0.4, -0.2) is 47.2 Å². The molecule has 0 radical (unpaired) electrons. The maximum absolute atomic E-state index is 12.0. The Hall–Kier alpha value is -2.47. The Morgan fingerprint density at radius 3 is 2.79 bits per heavy atom. The van der Waals surface area contributed by atoms with Crippen LogP contribution < -0.4 is 10.6 Å². The number of nitrogens with two attached hydrogens (primary N) is 1. The number of anilines is 1. The van der Waals surface area contributed by atoms with E-state index in [2.05, 4.69) is 15.1 Å². The third-order valence-corrected chi connectivity index (χ3v) is 4.55. The summed E-state index contributed by atoms with van der Waals surface area (Å²) in [5.41, 5.74) is 6.60. The van der Waals surface area contributed by atoms with E-state index in [4.69, 9.17) is 5.73 Å². The molecule has 3 rings (SSSR count). The van der Waals surface area contributed by atoms with Crippen molar-refractivity contribution in [1.82, 2.24) is 15.1 Å². The van der Waals surface area contributed by atoms with Crippen molar-refractivity contribution < 1.29 is 4.79 Å². The van der Waals surface area contributed by atoms with Crippen LogP contribution in [0.3, 0.4) is 0 Å². The standard InChI is InChI=1S/C18H23N5O/c1-22(17(18(19)24)14-7-3-2-4-8-14)13-15-9-6-12-23(15)16-10-5-11-20-21-16/h2-5,7-8,10-11,15,17H,6,9,12-13H2,1H3,(H2,19,24)/t15-,17+/m1/s1. The molecule has 1 aliphatic heterocycles. The van der Waals surface area contributed by atoms with Crippen LogP contribution in [0.4, 0.5) is 5.82 Å². The number of aromatic nitrogens is 2. The van der Waals surface area contributed by atoms with Gasteiger partial charge in [-0.2, -0.15) is 5.10 Å². The molecule has 1 aliphatic rings. The van der Waals surface area contributed by atoms with Gasteiger partial charge in [0.25, 0.3) is 0 Å². The number of hydrogen-bond donors (Lipinski definition) is 1. The molecular formula is C18H23N5O. The number of hydrogen-bond acceptors (Lipinski definition) is 5. The second-order valence-electron chi connectivity index (χ2n) is 6.23. The quantitative estimate of drug-likeness (QED) is 0.873. The van der Waals surface area contributed by atoms with Gasteiger partial charge >= 0.3 is 0 Å². The van der Waals surface area contributed by atoms with Gasteiger partial charge in [0, 0.05) is 25.3 Å². The summed E-state index contributed by atoms with van der Waals surface area (Å²) in [6, 6.07) is 13.5. The van der Waals surface area contributed by atoms with Crippen molar-refractivity contribution in [2.45, 2.75) is 24.9 Å². The molecule has 0 bridgehead atoms. The minimum Gasteiger partial charge on any atom is -0.368 e. The summed E-state index contributed by atoms with van der Waals surface area (Å²) in [6.45, 7) is 1.71. The molecule has 1 aromatic heterocycles. The normalized spacial score (nSPS) is 18.8. The molecule has 1 saturated heterocycles. The van der Waals surface area contributed by atoms with E-state index in [1.807, 2.05) is 54.4 Å². The molecular weight excluding hydrogens is 302 g/mol. The Morgan fingerprint density at radius 1 is 1.33 bits per heavy atom. The SMILES string of the molecule is CN(C[C@H]1CCCN1c1cccnn1)[C@H](C(N)=O)c1ccccc1. The predicted molar refractivity (Wildman–Crippen MR) is 93.4 cm³/mol. The summed E-state index contributed by atoms with van der Waals surface area (Å²) in [4.78, 5) is 16.3. The fourth-order valence-electron chi connectivity index (χ4n) is 3.48. The lowest BCUT2D eigenvalue weighted by Gasteiger charge is -2.32. The molecule has 1 fully saturated rings. The molecule has 0 saturated carbocycles. The highest BCUT2D eigenvalue weighted by molar-refractivity contribution is 5.81. The van der Waals surface area contributed by atoms with E-state index in [-0.39, 0.29) is 5.91 Å². The van der Waals surface area contributed by atoms with Crippen LogP contribution in [0.5, 0.6) is 0 Å². The van der Waals surface area contributed by atoms with Crippen molar-refractivity contribution in [3.8, 4) is 0 Å². The first-order valence-electron chi connectivity index (χ1n) is 8.25. The topological polar surface area (TPSA) is 75.3 Å². The summed E-state index contributed by atoms with van der Waals surface area (Å²) in [5.74, 6) is 0.566. The van der Waals surface area contributed by atoms with E-state index in [9.17, 15) is 4.79 Å². The molecule has 126 valence electrons. The number of carbonyl (C=O) groups excluding carboxylic acids is 1. The third kappa shape index (κ3) is 3.54. The van der Waals surface area contributed by atoms with Crippen molar-refractivity contribution in [2.75, 3.05) is 25.0 Å². The number of benzene rings is 1. The van der Waals surface area contributed by atoms with Crippen molar-refractivity contribution in [3.63, 3.8) is 0 Å². The Morgan fingerprint density at radius 2 is 2.12 bits per heavy atom. The Bertz CT molecular complexity index is 664. The number of nitrogens with zero attached hydrogens (tertiary/aromatic N) is 4. The third-order valence-electron chi connectivity index (χ3n) is 4.55. The van der Waals surface area contributed by atoms with Crippen LogP contribution in [0.15, 0.2) is 48.7 Å². The molecule has 1 amide bonds. The highest BCUT2D eigenvalue weighted by atomic mass is 16.1. The second kappa shape index (κ2) is 7.40. The average molecular weight is 325 g/mol. The van der Waals surface area contributed by atoms with Crippen molar-refractivity contribution >= 4 is 11.7 Å². The zero-order chi connectivity index (χ0) is 16.9. The second-order valence-corrected chi connectivity index (χ2v) is 6.23. The van der Waals surface area contributed by atoms with E-state index in [0.717, 1.165) is 37.3 Å². The van der Waals surface area contributed by atoms with Gasteiger partial charge in [0.2, 0.25) is 5.91 Å². The first-order chi connectivity index (χ1) is 11.7. The highest BCUT2D eigenvalue weighted by Crippen LogP contribution is 2.26. The molecule has 2 aromatic rings. The van der Waals surface area contributed by atoms with Crippen LogP contribution in [0.25, 0.3) is 0 Å². The van der Waals surface area contributed by atoms with Crippen LogP contribution >= 0.6 is 0 Å². The summed E-state index contributed by atoms with van der Waals surface area (Å²) < 4.78 is 0. The fraction of sp³-hybridized carbons (Fsp3) is 0.389. The zero-order valence-electron chi connectivity index (χ0n) is 13.9. The highest BCUT2D eigenvalue weighted by Gasteiger charge is 2.30. The summed E-state index contributed by atoms with van der Waals surface area (Å²) in [6.07, 6.45) is 3.86. The minimum atomic E-state index is -0.421. The number of likely N-dealkylation sites (N-methyl/N-ethyl adjacent to an activating group) is 1. The lowest BCUT2D eigenvalue weighted by atomic mass is 10.0. The Kier molecular flexibility index (Phi) is 5.05. The summed E-state index contributed by atoms with van der Waals surface area (Å²) in [7, 11) is 1.95. The van der Waals surface area contributed by atoms with Crippen molar-refractivity contribution in [3.05, 3.63) is 54.2 Å². The predicted octanol–water partition coefficient (Wildman–Crippen LogP) is 1.60. The molecule has 0 spiro atoms. The van der Waals surface area contributed by atoms with Gasteiger partial charge < -0.3 is 10.6 Å². The minimum absolute atomic E-state index is 0.303. The number of amides is 1. The first kappa shape index (κ1) is 16.4. The summed E-state index contributed by atoms with van der Waals surface area (Å²) in [5, 5.41) is 8.20. The smallest absolute Gasteiger partial charge is 0.239 e. The molecule has 2 heterocycles. The van der Waals surface area contributed by atoms with Crippen LogP contribution in [-0.2, 0) is 4.79 Å². The first-order valence-corrected chi connectivity index (χ1v) is 8.25. The largest absolute Gasteiger partial charge is 0.368 e. The lowest BCUT2D eigenvalue weighted by molar-refractivity contribution is -0.123. The average Bonchev–Trinajstić information content (AvgIpc) is 3.04. The van der Waals surface area contributed by atoms with Gasteiger partial charge in [-0.1, -0.05) is 30.3 Å². The lowest BCUT2D eigenvalue weighted by Crippen LogP contribution is -2.44. The number of primary amides is 1. The van der Waals surface area contributed by atoms with Gasteiger partial charge in [-0.3, -0.25) is 9.69 Å². The summed E-state index contributed by atoms with van der Waals surface area (Å²) >= 11 is 0. The van der Waals surface area contributed by atoms with E-state index >= 15 is 0 Å². The van der Waals surface area contributed by atoms with Gasteiger partial charge in [0.1, 0.15) is 6.04 Å². The van der Waals surface area contributed by atoms with E-state index in [1.165, 1.54) is 0 Å². The van der Waals surface area contributed by atoms with Crippen LogP contribution in [0.2, 0.25) is 0 Å². The molecule has 0 aliphatic carbocycles. The van der Waals surface area contributed by atoms with Crippen molar-refractivity contribution in [1.29, 1.82) is 0 Å². The number of carbonyl (C=O) groups is 1. The van der Waals surface area contributed by atoms with E-state index in [1.54, 1.807) is 6.20 Å². The molecule has 2 atom stereocenters. The molecule has 6 nitrogen and oxygen atoms in total. The number of rotatable bonds is 6. The maximum Gasteiger partial charge on any atom is 0.239 e. The molecule has 1 aromatic carbocycles. The molecule has 24 heavy (non-hydrogen) atoms. The van der Waals surface area contributed by atoms with Crippen LogP contribution in [0.1, 0.15) is 24.4 Å². The zero-order valence-corrected chi connectivity index (χ0v) is 13.9. The molecule has 6 heteroatoms. The van der Waals surface area contributed by atoms with E-state index in [0.29, 0.717) is 6.04 Å². The molecule has 2 N–H and O–H groups in total. The monoisotopic (exact) mass is 325 g/mol. The fourth-order valence-corrected chi connectivity index (χ4v) is 3.48. The Labute approximate surface area is 142 Å². The van der Waals surface area contributed by atoms with Gasteiger partial charge in [-0.25, -0.2) is 0 Å². The maximum atomic E-state index is 12.0. The van der Waals surface area contributed by atoms with Gasteiger partial charge in [-0.05, 0) is 37.6 Å². The van der Waals surface area contributed by atoms with Crippen molar-refractivity contribution in [2.24, 2.45) is 5.73 Å². The Balaban J connectivity index is 1.75. The van der Waals surface area contributed by atoms with Gasteiger partial charge in [0.05, 0.1) is 0 Å². The van der Waals surface area contributed by atoms with Gasteiger partial charge in [-0.15, -0.1) is 5.10 Å². The van der Waals surface area contributed by atoms with Gasteiger partial charge in [0.15, 0.2) is 5.82 Å².